The monoisotopic (exact) mass is 415 g/mol. The van der Waals surface area contributed by atoms with Gasteiger partial charge in [-0.1, -0.05) is 30.3 Å². The fourth-order valence-corrected chi connectivity index (χ4v) is 3.63. The van der Waals surface area contributed by atoms with E-state index in [2.05, 4.69) is 5.32 Å². The minimum Gasteiger partial charge on any atom is -0.489 e. The summed E-state index contributed by atoms with van der Waals surface area (Å²) in [6, 6.07) is 20.8. The van der Waals surface area contributed by atoms with E-state index in [1.54, 1.807) is 25.1 Å². The van der Waals surface area contributed by atoms with Gasteiger partial charge in [0.05, 0.1) is 5.56 Å². The van der Waals surface area contributed by atoms with Gasteiger partial charge in [0.1, 0.15) is 36.9 Å². The first-order valence-electron chi connectivity index (χ1n) is 10.1. The van der Waals surface area contributed by atoms with Gasteiger partial charge in [0.15, 0.2) is 11.5 Å². The van der Waals surface area contributed by atoms with Crippen LogP contribution in [0.15, 0.2) is 71.1 Å². The van der Waals surface area contributed by atoms with E-state index < -0.39 is 0 Å². The van der Waals surface area contributed by atoms with E-state index in [-0.39, 0.29) is 5.91 Å². The molecular formula is C25H21NO5. The number of rotatable bonds is 5. The van der Waals surface area contributed by atoms with Gasteiger partial charge in [-0.3, -0.25) is 4.79 Å². The number of hydrogen-bond donors (Lipinski definition) is 1. The third kappa shape index (κ3) is 3.92. The second-order valence-corrected chi connectivity index (χ2v) is 7.28. The first-order chi connectivity index (χ1) is 15.2. The van der Waals surface area contributed by atoms with Gasteiger partial charge in [-0.15, -0.1) is 0 Å². The standard InChI is InChI=1S/C25H21NO5/c1-16-24(25(27)26-18-7-9-22-23(13-18)29-12-11-28-22)20-14-19(8-10-21(20)31-16)30-15-17-5-3-2-4-6-17/h2-10,13-14H,11-12,15H2,1H3,(H,26,27). The summed E-state index contributed by atoms with van der Waals surface area (Å²) in [6.45, 7) is 3.24. The molecule has 4 aromatic rings. The lowest BCUT2D eigenvalue weighted by Gasteiger charge is -2.19. The van der Waals surface area contributed by atoms with E-state index in [0.717, 1.165) is 5.56 Å². The van der Waals surface area contributed by atoms with Crippen molar-refractivity contribution >= 4 is 22.6 Å². The van der Waals surface area contributed by atoms with Crippen molar-refractivity contribution in [2.75, 3.05) is 18.5 Å². The molecule has 0 bridgehead atoms. The van der Waals surface area contributed by atoms with Crippen LogP contribution in [-0.4, -0.2) is 19.1 Å². The predicted octanol–water partition coefficient (Wildman–Crippen LogP) is 5.34. The average molecular weight is 415 g/mol. The maximum absolute atomic E-state index is 13.1. The van der Waals surface area contributed by atoms with Gasteiger partial charge in [-0.25, -0.2) is 0 Å². The van der Waals surface area contributed by atoms with Crippen molar-refractivity contribution in [3.8, 4) is 17.2 Å². The van der Waals surface area contributed by atoms with Crippen LogP contribution >= 0.6 is 0 Å². The molecule has 0 saturated heterocycles. The molecule has 2 heterocycles. The lowest BCUT2D eigenvalue weighted by atomic mass is 10.1. The molecule has 1 N–H and O–H groups in total. The molecular weight excluding hydrogens is 394 g/mol. The van der Waals surface area contributed by atoms with Crippen molar-refractivity contribution in [1.82, 2.24) is 0 Å². The van der Waals surface area contributed by atoms with Crippen LogP contribution in [0.3, 0.4) is 0 Å². The summed E-state index contributed by atoms with van der Waals surface area (Å²) in [4.78, 5) is 13.1. The molecule has 1 amide bonds. The number of ether oxygens (including phenoxy) is 3. The van der Waals surface area contributed by atoms with Crippen LogP contribution < -0.4 is 19.5 Å². The van der Waals surface area contributed by atoms with E-state index in [4.69, 9.17) is 18.6 Å². The largest absolute Gasteiger partial charge is 0.489 e. The Bertz CT molecular complexity index is 1250. The third-order valence-electron chi connectivity index (χ3n) is 5.11. The second kappa shape index (κ2) is 8.07. The van der Waals surface area contributed by atoms with Crippen LogP contribution in [0.2, 0.25) is 0 Å². The molecule has 0 fully saturated rings. The molecule has 0 atom stereocenters. The number of hydrogen-bond acceptors (Lipinski definition) is 5. The van der Waals surface area contributed by atoms with E-state index in [1.165, 1.54) is 0 Å². The molecule has 1 aliphatic heterocycles. The maximum Gasteiger partial charge on any atom is 0.259 e. The molecule has 1 aliphatic rings. The van der Waals surface area contributed by atoms with Crippen LogP contribution in [0, 0.1) is 6.92 Å². The van der Waals surface area contributed by atoms with Gasteiger partial charge in [0.25, 0.3) is 5.91 Å². The average Bonchev–Trinajstić information content (AvgIpc) is 3.13. The van der Waals surface area contributed by atoms with Gasteiger partial charge < -0.3 is 23.9 Å². The maximum atomic E-state index is 13.1. The number of aryl methyl sites for hydroxylation is 1. The molecule has 5 rings (SSSR count). The summed E-state index contributed by atoms with van der Waals surface area (Å²) in [7, 11) is 0. The first-order valence-corrected chi connectivity index (χ1v) is 10.1. The summed E-state index contributed by atoms with van der Waals surface area (Å²) < 4.78 is 22.9. The summed E-state index contributed by atoms with van der Waals surface area (Å²) in [6.07, 6.45) is 0. The summed E-state index contributed by atoms with van der Waals surface area (Å²) in [5, 5.41) is 3.64. The number of carbonyl (C=O) groups excluding carboxylic acids is 1. The van der Waals surface area contributed by atoms with Gasteiger partial charge >= 0.3 is 0 Å². The highest BCUT2D eigenvalue weighted by Crippen LogP contribution is 2.34. The van der Waals surface area contributed by atoms with Crippen molar-refractivity contribution < 1.29 is 23.4 Å². The van der Waals surface area contributed by atoms with Gasteiger partial charge in [0.2, 0.25) is 0 Å². The smallest absolute Gasteiger partial charge is 0.259 e. The number of fused-ring (bicyclic) bond motifs is 2. The Kier molecular flexibility index (Phi) is 4.96. The van der Waals surface area contributed by atoms with E-state index in [1.807, 2.05) is 48.5 Å². The Morgan fingerprint density at radius 2 is 1.77 bits per heavy atom. The fraction of sp³-hybridized carbons (Fsp3) is 0.160. The summed E-state index contributed by atoms with van der Waals surface area (Å²) >= 11 is 0. The minimum absolute atomic E-state index is 0.256. The number of benzene rings is 3. The van der Waals surface area contributed by atoms with Crippen molar-refractivity contribution in [2.45, 2.75) is 13.5 Å². The van der Waals surface area contributed by atoms with Crippen molar-refractivity contribution in [1.29, 1.82) is 0 Å². The topological polar surface area (TPSA) is 69.9 Å². The zero-order chi connectivity index (χ0) is 21.2. The Balaban J connectivity index is 1.39. The Hall–Kier alpha value is -3.93. The van der Waals surface area contributed by atoms with Crippen LogP contribution in [0.25, 0.3) is 11.0 Å². The van der Waals surface area contributed by atoms with Gasteiger partial charge in [-0.05, 0) is 42.8 Å². The van der Waals surface area contributed by atoms with Crippen molar-refractivity contribution in [3.63, 3.8) is 0 Å². The molecule has 0 unspecified atom stereocenters. The Labute approximate surface area is 179 Å². The zero-order valence-electron chi connectivity index (χ0n) is 17.0. The first kappa shape index (κ1) is 19.1. The van der Waals surface area contributed by atoms with Crippen molar-refractivity contribution in [2.24, 2.45) is 0 Å². The SMILES string of the molecule is Cc1oc2ccc(OCc3ccccc3)cc2c1C(=O)Nc1ccc2c(c1)OCCO2. The van der Waals surface area contributed by atoms with Gasteiger partial charge in [0, 0.05) is 17.1 Å². The number of anilines is 1. The van der Waals surface area contributed by atoms with Crippen LogP contribution in [0.4, 0.5) is 5.69 Å². The molecule has 1 aromatic heterocycles. The molecule has 0 saturated carbocycles. The highest BCUT2D eigenvalue weighted by Gasteiger charge is 2.20. The lowest BCUT2D eigenvalue weighted by Crippen LogP contribution is -2.16. The number of furan rings is 1. The third-order valence-corrected chi connectivity index (χ3v) is 5.11. The van der Waals surface area contributed by atoms with Crippen LogP contribution in [0.5, 0.6) is 17.2 Å². The van der Waals surface area contributed by atoms with Gasteiger partial charge in [-0.2, -0.15) is 0 Å². The highest BCUT2D eigenvalue weighted by atomic mass is 16.6. The summed E-state index contributed by atoms with van der Waals surface area (Å²) in [5.74, 6) is 2.26. The molecule has 3 aromatic carbocycles. The number of carbonyl (C=O) groups is 1. The number of amides is 1. The quantitative estimate of drug-likeness (QED) is 0.476. The molecule has 0 radical (unpaired) electrons. The number of nitrogens with one attached hydrogen (secondary N) is 1. The normalized spacial score (nSPS) is 12.5. The minimum atomic E-state index is -0.256. The lowest BCUT2D eigenvalue weighted by molar-refractivity contribution is 0.102. The molecule has 31 heavy (non-hydrogen) atoms. The van der Waals surface area contributed by atoms with Crippen LogP contribution in [-0.2, 0) is 6.61 Å². The predicted molar refractivity (Wildman–Crippen MR) is 117 cm³/mol. The fourth-order valence-electron chi connectivity index (χ4n) is 3.63. The van der Waals surface area contributed by atoms with E-state index in [0.29, 0.717) is 65.0 Å². The van der Waals surface area contributed by atoms with Crippen molar-refractivity contribution in [3.05, 3.63) is 83.6 Å². The summed E-state index contributed by atoms with van der Waals surface area (Å²) in [5.41, 5.74) is 2.81. The highest BCUT2D eigenvalue weighted by molar-refractivity contribution is 6.13. The van der Waals surface area contributed by atoms with E-state index in [9.17, 15) is 4.79 Å². The molecule has 6 heteroatoms. The second-order valence-electron chi connectivity index (χ2n) is 7.28. The zero-order valence-corrected chi connectivity index (χ0v) is 17.0. The Morgan fingerprint density at radius 1 is 0.968 bits per heavy atom. The Morgan fingerprint density at radius 3 is 2.61 bits per heavy atom. The van der Waals surface area contributed by atoms with Crippen LogP contribution in [0.1, 0.15) is 21.7 Å². The molecule has 156 valence electrons. The molecule has 0 aliphatic carbocycles. The molecule has 6 nitrogen and oxygen atoms in total. The van der Waals surface area contributed by atoms with E-state index >= 15 is 0 Å². The molecule has 0 spiro atoms.